The van der Waals surface area contributed by atoms with Gasteiger partial charge in [0, 0.05) is 30.9 Å². The maximum Gasteiger partial charge on any atom is 0.213 e. The molecule has 0 N–H and O–H groups in total. The summed E-state index contributed by atoms with van der Waals surface area (Å²) >= 11 is 0. The molecule has 1 aromatic heterocycles. The van der Waals surface area contributed by atoms with Crippen molar-refractivity contribution in [3.63, 3.8) is 0 Å². The van der Waals surface area contributed by atoms with Crippen LogP contribution in [0.1, 0.15) is 48.9 Å². The maximum absolute atomic E-state index is 2.60. The number of benzene rings is 2. The third-order valence-electron chi connectivity index (χ3n) is 6.61. The molecular formula is C26H30N+. The van der Waals surface area contributed by atoms with Gasteiger partial charge in [-0.05, 0) is 49.1 Å². The van der Waals surface area contributed by atoms with Crippen molar-refractivity contribution in [1.29, 1.82) is 0 Å². The van der Waals surface area contributed by atoms with E-state index in [4.69, 9.17) is 0 Å². The summed E-state index contributed by atoms with van der Waals surface area (Å²) in [7, 11) is 0. The normalized spacial score (nSPS) is 14.6. The van der Waals surface area contributed by atoms with Gasteiger partial charge in [-0.25, -0.2) is 0 Å². The van der Waals surface area contributed by atoms with Gasteiger partial charge in [0.15, 0.2) is 11.7 Å². The van der Waals surface area contributed by atoms with Crippen molar-refractivity contribution in [3.8, 4) is 22.4 Å². The quantitative estimate of drug-likeness (QED) is 0.485. The van der Waals surface area contributed by atoms with Gasteiger partial charge in [0.25, 0.3) is 0 Å². The molecule has 138 valence electrons. The highest BCUT2D eigenvalue weighted by Gasteiger charge is 2.44. The molecule has 27 heavy (non-hydrogen) atoms. The smallest absolute Gasteiger partial charge is 0.192 e. The van der Waals surface area contributed by atoms with Gasteiger partial charge in [-0.1, -0.05) is 55.8 Å². The van der Waals surface area contributed by atoms with Gasteiger partial charge >= 0.3 is 0 Å². The van der Waals surface area contributed by atoms with Crippen LogP contribution in [0.4, 0.5) is 0 Å². The highest BCUT2D eigenvalue weighted by atomic mass is 15.1. The van der Waals surface area contributed by atoms with E-state index in [9.17, 15) is 0 Å². The second kappa shape index (κ2) is 6.64. The van der Waals surface area contributed by atoms with E-state index in [1.807, 2.05) is 0 Å². The summed E-state index contributed by atoms with van der Waals surface area (Å²) in [4.78, 5) is 0. The van der Waals surface area contributed by atoms with Crippen LogP contribution < -0.4 is 4.57 Å². The van der Waals surface area contributed by atoms with Crippen LogP contribution in [0.5, 0.6) is 0 Å². The van der Waals surface area contributed by atoms with Gasteiger partial charge in [-0.15, -0.1) is 0 Å². The molecule has 2 heterocycles. The molecule has 0 spiro atoms. The fourth-order valence-corrected chi connectivity index (χ4v) is 4.89. The Morgan fingerprint density at radius 3 is 2.22 bits per heavy atom. The zero-order chi connectivity index (χ0) is 19.2. The zero-order valence-electron chi connectivity index (χ0n) is 17.3. The van der Waals surface area contributed by atoms with E-state index in [0.717, 1.165) is 19.3 Å². The van der Waals surface area contributed by atoms with Gasteiger partial charge in [-0.2, -0.15) is 4.57 Å². The number of aryl methyl sites for hydroxylation is 3. The second-order valence-electron chi connectivity index (χ2n) is 8.21. The van der Waals surface area contributed by atoms with Crippen molar-refractivity contribution in [3.05, 3.63) is 77.0 Å². The first-order chi connectivity index (χ1) is 13.0. The van der Waals surface area contributed by atoms with Crippen LogP contribution in [0.15, 0.2) is 54.7 Å². The minimum Gasteiger partial charge on any atom is -0.192 e. The van der Waals surface area contributed by atoms with Crippen molar-refractivity contribution in [2.75, 3.05) is 0 Å². The van der Waals surface area contributed by atoms with Crippen LogP contribution in [0.3, 0.4) is 0 Å². The Morgan fingerprint density at radius 2 is 1.56 bits per heavy atom. The SMILES string of the molecule is CCC1(CC)Cc2c(C)cc(C)cc2-c2cc(C)c(-c3ccccc3)c[n+]21. The lowest BCUT2D eigenvalue weighted by Gasteiger charge is -2.34. The highest BCUT2D eigenvalue weighted by Crippen LogP contribution is 2.39. The number of fused-ring (bicyclic) bond motifs is 3. The van der Waals surface area contributed by atoms with Gasteiger partial charge in [-0.3, -0.25) is 0 Å². The molecule has 2 aromatic carbocycles. The average Bonchev–Trinajstić information content (AvgIpc) is 2.68. The summed E-state index contributed by atoms with van der Waals surface area (Å²) in [5.74, 6) is 0. The van der Waals surface area contributed by atoms with E-state index >= 15 is 0 Å². The molecule has 0 saturated heterocycles. The fourth-order valence-electron chi connectivity index (χ4n) is 4.89. The summed E-state index contributed by atoms with van der Waals surface area (Å²) in [6.45, 7) is 11.4. The molecule has 0 aliphatic carbocycles. The predicted molar refractivity (Wildman–Crippen MR) is 114 cm³/mol. The number of rotatable bonds is 3. The highest BCUT2D eigenvalue weighted by molar-refractivity contribution is 5.71. The Hall–Kier alpha value is -2.41. The second-order valence-corrected chi connectivity index (χ2v) is 8.21. The Morgan fingerprint density at radius 1 is 0.852 bits per heavy atom. The molecule has 1 heteroatoms. The Labute approximate surface area is 163 Å². The lowest BCUT2D eigenvalue weighted by atomic mass is 9.77. The van der Waals surface area contributed by atoms with Crippen molar-refractivity contribution in [2.24, 2.45) is 0 Å². The number of nitrogens with zero attached hydrogens (tertiary/aromatic N) is 1. The Bertz CT molecular complexity index is 994. The predicted octanol–water partition coefficient (Wildman–Crippen LogP) is 6.30. The topological polar surface area (TPSA) is 3.88 Å². The summed E-state index contributed by atoms with van der Waals surface area (Å²) in [6.07, 6.45) is 5.83. The summed E-state index contributed by atoms with van der Waals surface area (Å²) < 4.78 is 2.60. The van der Waals surface area contributed by atoms with Crippen LogP contribution in [0.25, 0.3) is 22.4 Å². The molecule has 0 amide bonds. The largest absolute Gasteiger partial charge is 0.213 e. The van der Waals surface area contributed by atoms with Gasteiger partial charge in [0.1, 0.15) is 0 Å². The van der Waals surface area contributed by atoms with Gasteiger partial charge in [0.2, 0.25) is 5.69 Å². The maximum atomic E-state index is 2.60. The molecule has 1 nitrogen and oxygen atoms in total. The number of hydrogen-bond acceptors (Lipinski definition) is 0. The molecule has 0 bridgehead atoms. The van der Waals surface area contributed by atoms with Gasteiger partial charge < -0.3 is 0 Å². The summed E-state index contributed by atoms with van der Waals surface area (Å²) in [5.41, 5.74) is 11.3. The number of aromatic nitrogens is 1. The van der Waals surface area contributed by atoms with Crippen LogP contribution >= 0.6 is 0 Å². The first-order valence-electron chi connectivity index (χ1n) is 10.2. The summed E-state index contributed by atoms with van der Waals surface area (Å²) in [6, 6.07) is 17.9. The third kappa shape index (κ3) is 2.81. The average molecular weight is 357 g/mol. The summed E-state index contributed by atoms with van der Waals surface area (Å²) in [5, 5.41) is 0. The monoisotopic (exact) mass is 356 g/mol. The third-order valence-corrected chi connectivity index (χ3v) is 6.61. The molecule has 0 atom stereocenters. The van der Waals surface area contributed by atoms with Crippen molar-refractivity contribution >= 4 is 0 Å². The first kappa shape index (κ1) is 18.0. The molecule has 1 aliphatic heterocycles. The molecule has 0 saturated carbocycles. The molecule has 4 rings (SSSR count). The molecule has 0 fully saturated rings. The van der Waals surface area contributed by atoms with E-state index in [1.165, 1.54) is 44.6 Å². The molecular weight excluding hydrogens is 326 g/mol. The van der Waals surface area contributed by atoms with Crippen molar-refractivity contribution < 1.29 is 4.57 Å². The van der Waals surface area contributed by atoms with Gasteiger partial charge in [0.05, 0.1) is 5.56 Å². The van der Waals surface area contributed by atoms with E-state index in [1.54, 1.807) is 0 Å². The number of pyridine rings is 1. The zero-order valence-corrected chi connectivity index (χ0v) is 17.3. The van der Waals surface area contributed by atoms with Crippen LogP contribution in [-0.4, -0.2) is 0 Å². The van der Waals surface area contributed by atoms with Crippen molar-refractivity contribution in [2.45, 2.75) is 59.4 Å². The van der Waals surface area contributed by atoms with Crippen molar-refractivity contribution in [1.82, 2.24) is 0 Å². The number of hydrogen-bond donors (Lipinski definition) is 0. The Balaban J connectivity index is 2.04. The van der Waals surface area contributed by atoms with E-state index in [-0.39, 0.29) is 5.54 Å². The molecule has 1 aliphatic rings. The van der Waals surface area contributed by atoms with Crippen LogP contribution in [-0.2, 0) is 12.0 Å². The molecule has 0 radical (unpaired) electrons. The van der Waals surface area contributed by atoms with Crippen LogP contribution in [0, 0.1) is 20.8 Å². The lowest BCUT2D eigenvalue weighted by Crippen LogP contribution is -2.60. The lowest BCUT2D eigenvalue weighted by molar-refractivity contribution is -0.758. The van der Waals surface area contributed by atoms with E-state index in [0.29, 0.717) is 0 Å². The van der Waals surface area contributed by atoms with E-state index < -0.39 is 0 Å². The van der Waals surface area contributed by atoms with Crippen LogP contribution in [0.2, 0.25) is 0 Å². The standard InChI is InChI=1S/C26H30N/c1-6-26(7-2)16-23-19(4)13-18(3)14-22(23)25-15-20(5)24(17-27(25)26)21-11-9-8-10-12-21/h8-15,17H,6-7,16H2,1-5H3/q+1. The molecule has 0 unspecified atom stereocenters. The Kier molecular flexibility index (Phi) is 4.42. The first-order valence-corrected chi connectivity index (χ1v) is 10.2. The minimum absolute atomic E-state index is 0.152. The van der Waals surface area contributed by atoms with E-state index in [2.05, 4.69) is 93.9 Å². The molecule has 3 aromatic rings. The fraction of sp³-hybridized carbons (Fsp3) is 0.346. The minimum atomic E-state index is 0.152.